The first kappa shape index (κ1) is 19.0. The van der Waals surface area contributed by atoms with Gasteiger partial charge in [-0.05, 0) is 61.9 Å². The van der Waals surface area contributed by atoms with Crippen molar-refractivity contribution in [2.75, 3.05) is 18.1 Å². The zero-order valence-electron chi connectivity index (χ0n) is 13.4. The van der Waals surface area contributed by atoms with Crippen LogP contribution in [0.5, 0.6) is 0 Å². The van der Waals surface area contributed by atoms with Gasteiger partial charge in [0.05, 0.1) is 4.58 Å². The average molecular weight is 373 g/mol. The summed E-state index contributed by atoms with van der Waals surface area (Å²) in [6, 6.07) is 8.98. The fraction of sp³-hybridized carbons (Fsp3) is 0.588. The summed E-state index contributed by atoms with van der Waals surface area (Å²) in [7, 11) is 0. The molecule has 2 atom stereocenters. The van der Waals surface area contributed by atoms with E-state index in [1.54, 1.807) is 0 Å². The fourth-order valence-electron chi connectivity index (χ4n) is 3.00. The normalized spacial score (nSPS) is 25.4. The lowest BCUT2D eigenvalue weighted by molar-refractivity contribution is 0.0925. The minimum Gasteiger partial charge on any atom is -0.349 e. The van der Waals surface area contributed by atoms with Crippen molar-refractivity contribution in [1.29, 1.82) is 0 Å². The molecule has 0 spiro atoms. The predicted molar refractivity (Wildman–Crippen MR) is 104 cm³/mol. The van der Waals surface area contributed by atoms with Crippen molar-refractivity contribution in [1.82, 2.24) is 10.6 Å². The van der Waals surface area contributed by atoms with Gasteiger partial charge in [-0.1, -0.05) is 12.1 Å². The van der Waals surface area contributed by atoms with Gasteiger partial charge in [-0.2, -0.15) is 0 Å². The number of hydrogen-bond donors (Lipinski definition) is 2. The molecule has 2 aliphatic rings. The monoisotopic (exact) mass is 372 g/mol. The van der Waals surface area contributed by atoms with Gasteiger partial charge in [0.15, 0.2) is 0 Å². The van der Waals surface area contributed by atoms with Crippen LogP contribution in [-0.4, -0.2) is 36.0 Å². The van der Waals surface area contributed by atoms with Gasteiger partial charge in [0, 0.05) is 17.6 Å². The fourth-order valence-corrected chi connectivity index (χ4v) is 5.90. The summed E-state index contributed by atoms with van der Waals surface area (Å²) in [5.74, 6) is 2.55. The molecule has 2 saturated heterocycles. The number of benzene rings is 1. The third-order valence-electron chi connectivity index (χ3n) is 4.23. The van der Waals surface area contributed by atoms with E-state index < -0.39 is 0 Å². The maximum absolute atomic E-state index is 12.4. The second kappa shape index (κ2) is 9.21. The van der Waals surface area contributed by atoms with Crippen LogP contribution in [0.25, 0.3) is 0 Å². The van der Waals surface area contributed by atoms with E-state index in [1.807, 2.05) is 35.7 Å². The van der Waals surface area contributed by atoms with Crippen molar-refractivity contribution in [3.05, 3.63) is 35.4 Å². The first-order chi connectivity index (χ1) is 10.7. The van der Waals surface area contributed by atoms with Crippen molar-refractivity contribution in [3.63, 3.8) is 0 Å². The summed E-state index contributed by atoms with van der Waals surface area (Å²) in [5.41, 5.74) is 2.11. The lowest BCUT2D eigenvalue weighted by atomic mass is 10.00. The Balaban J connectivity index is 0.00000192. The molecule has 3 nitrogen and oxygen atoms in total. The van der Waals surface area contributed by atoms with E-state index in [0.29, 0.717) is 16.7 Å². The van der Waals surface area contributed by atoms with Crippen molar-refractivity contribution in [3.8, 4) is 0 Å². The van der Waals surface area contributed by atoms with Gasteiger partial charge in [0.1, 0.15) is 0 Å². The topological polar surface area (TPSA) is 41.1 Å². The highest BCUT2D eigenvalue weighted by molar-refractivity contribution is 8.16. The molecule has 0 aliphatic carbocycles. The van der Waals surface area contributed by atoms with Crippen LogP contribution in [0.1, 0.15) is 46.7 Å². The number of thioether (sulfide) groups is 2. The van der Waals surface area contributed by atoms with Crippen molar-refractivity contribution >= 4 is 41.8 Å². The van der Waals surface area contributed by atoms with Gasteiger partial charge in [-0.15, -0.1) is 35.9 Å². The van der Waals surface area contributed by atoms with Crippen molar-refractivity contribution in [2.24, 2.45) is 0 Å². The van der Waals surface area contributed by atoms with E-state index in [4.69, 9.17) is 0 Å². The maximum atomic E-state index is 12.4. The highest BCUT2D eigenvalue weighted by atomic mass is 35.5. The van der Waals surface area contributed by atoms with Gasteiger partial charge in [-0.3, -0.25) is 4.79 Å². The van der Waals surface area contributed by atoms with Gasteiger partial charge in [0.2, 0.25) is 0 Å². The quantitative estimate of drug-likeness (QED) is 0.845. The van der Waals surface area contributed by atoms with Crippen LogP contribution < -0.4 is 10.6 Å². The van der Waals surface area contributed by atoms with Crippen LogP contribution in [0.4, 0.5) is 0 Å². The Bertz CT molecular complexity index is 506. The predicted octanol–water partition coefficient (Wildman–Crippen LogP) is 3.85. The molecule has 2 fully saturated rings. The number of rotatable bonds is 3. The molecule has 3 rings (SSSR count). The van der Waals surface area contributed by atoms with Crippen LogP contribution in [0.2, 0.25) is 0 Å². The Morgan fingerprint density at radius 3 is 2.57 bits per heavy atom. The van der Waals surface area contributed by atoms with Crippen LogP contribution in [0, 0.1) is 0 Å². The summed E-state index contributed by atoms with van der Waals surface area (Å²) in [6.07, 6.45) is 3.34. The lowest BCUT2D eigenvalue weighted by Crippen LogP contribution is -2.46. The van der Waals surface area contributed by atoms with E-state index in [9.17, 15) is 4.79 Å². The molecule has 1 amide bonds. The molecule has 2 unspecified atom stereocenters. The summed E-state index contributed by atoms with van der Waals surface area (Å²) < 4.78 is 0.538. The number of carbonyl (C=O) groups excluding carboxylic acids is 1. The highest BCUT2D eigenvalue weighted by Crippen LogP contribution is 2.43. The number of piperidine rings is 1. The summed E-state index contributed by atoms with van der Waals surface area (Å²) in [6.45, 7) is 3.16. The summed E-state index contributed by atoms with van der Waals surface area (Å²) in [4.78, 5) is 12.4. The Hall–Kier alpha value is -0.360. The first-order valence-electron chi connectivity index (χ1n) is 8.10. The molecule has 0 saturated carbocycles. The first-order valence-corrected chi connectivity index (χ1v) is 10.2. The zero-order chi connectivity index (χ0) is 15.4. The van der Waals surface area contributed by atoms with Gasteiger partial charge in [0.25, 0.3) is 5.91 Å². The molecule has 1 aromatic carbocycles. The molecule has 0 bridgehead atoms. The maximum Gasteiger partial charge on any atom is 0.251 e. The number of carbonyl (C=O) groups is 1. The van der Waals surface area contributed by atoms with E-state index in [1.165, 1.54) is 23.5 Å². The van der Waals surface area contributed by atoms with Gasteiger partial charge >= 0.3 is 0 Å². The molecule has 2 heterocycles. The van der Waals surface area contributed by atoms with E-state index in [0.717, 1.165) is 24.9 Å². The molecule has 0 aromatic heterocycles. The molecule has 23 heavy (non-hydrogen) atoms. The molecule has 2 N–H and O–H groups in total. The molecule has 1 aromatic rings. The molecule has 0 radical (unpaired) electrons. The number of amides is 1. The smallest absolute Gasteiger partial charge is 0.251 e. The van der Waals surface area contributed by atoms with Crippen LogP contribution in [0.3, 0.4) is 0 Å². The summed E-state index contributed by atoms with van der Waals surface area (Å²) in [5, 5.41) is 6.59. The largest absolute Gasteiger partial charge is 0.349 e. The third kappa shape index (κ3) is 5.31. The van der Waals surface area contributed by atoms with Gasteiger partial charge < -0.3 is 10.6 Å². The molecule has 2 aliphatic heterocycles. The Morgan fingerprint density at radius 2 is 1.91 bits per heavy atom. The van der Waals surface area contributed by atoms with E-state index in [2.05, 4.69) is 29.7 Å². The average Bonchev–Trinajstić information content (AvgIpc) is 2.56. The Morgan fingerprint density at radius 1 is 1.22 bits per heavy atom. The molecular weight excluding hydrogens is 348 g/mol. The second-order valence-electron chi connectivity index (χ2n) is 6.10. The van der Waals surface area contributed by atoms with E-state index >= 15 is 0 Å². The van der Waals surface area contributed by atoms with Crippen molar-refractivity contribution in [2.45, 2.75) is 42.9 Å². The number of halogens is 1. The number of nitrogens with one attached hydrogen (secondary N) is 2. The van der Waals surface area contributed by atoms with Crippen LogP contribution in [-0.2, 0) is 0 Å². The molecule has 6 heteroatoms. The Labute approximate surface area is 153 Å². The lowest BCUT2D eigenvalue weighted by Gasteiger charge is -2.28. The summed E-state index contributed by atoms with van der Waals surface area (Å²) >= 11 is 4.03. The molecular formula is C17H25ClN2OS2. The second-order valence-corrected chi connectivity index (χ2v) is 8.82. The Kier molecular flexibility index (Phi) is 7.60. The van der Waals surface area contributed by atoms with E-state index in [-0.39, 0.29) is 18.3 Å². The van der Waals surface area contributed by atoms with Crippen molar-refractivity contribution < 1.29 is 4.79 Å². The zero-order valence-corrected chi connectivity index (χ0v) is 15.9. The molecule has 128 valence electrons. The minimum atomic E-state index is 0. The SMILES string of the molecule is CC1CC(NC(=O)c2ccc(C3SCCCS3)cc2)CCN1.Cl. The van der Waals surface area contributed by atoms with Crippen LogP contribution >= 0.6 is 35.9 Å². The minimum absolute atomic E-state index is 0. The highest BCUT2D eigenvalue weighted by Gasteiger charge is 2.21. The van der Waals surface area contributed by atoms with Crippen LogP contribution in [0.15, 0.2) is 24.3 Å². The van der Waals surface area contributed by atoms with Gasteiger partial charge in [-0.25, -0.2) is 0 Å². The standard InChI is InChI=1S/C17H24N2OS2.ClH/c1-12-11-15(7-8-18-12)19-16(20)13-3-5-14(6-4-13)17-21-9-2-10-22-17;/h3-6,12,15,17-18H,2,7-11H2,1H3,(H,19,20);1H. The number of hydrogen-bond acceptors (Lipinski definition) is 4. The third-order valence-corrected chi connectivity index (χ3v) is 7.25.